The molecule has 4 heterocycles. The lowest BCUT2D eigenvalue weighted by Gasteiger charge is -2.17. The highest BCUT2D eigenvalue weighted by Gasteiger charge is 2.44. The van der Waals surface area contributed by atoms with Gasteiger partial charge in [-0.1, -0.05) is 13.8 Å². The third-order valence-corrected chi connectivity index (χ3v) is 7.58. The number of fused-ring (bicyclic) bond motifs is 2. The minimum atomic E-state index is -0.432. The summed E-state index contributed by atoms with van der Waals surface area (Å²) < 4.78 is 2.03. The van der Waals surface area contributed by atoms with Crippen LogP contribution in [0.5, 0.6) is 0 Å². The Morgan fingerprint density at radius 2 is 1.85 bits per heavy atom. The number of hydrogen-bond acceptors (Lipinski definition) is 4. The quantitative estimate of drug-likeness (QED) is 0.748. The van der Waals surface area contributed by atoms with Crippen LogP contribution in [0.1, 0.15) is 49.8 Å². The number of pyridine rings is 1. The molecule has 1 saturated carbocycles. The minimum absolute atomic E-state index is 0.00973. The van der Waals surface area contributed by atoms with Gasteiger partial charge in [-0.05, 0) is 60.3 Å². The zero-order chi connectivity index (χ0) is 23.5. The number of primary amides is 1. The Kier molecular flexibility index (Phi) is 5.06. The molecule has 0 spiro atoms. The van der Waals surface area contributed by atoms with Crippen molar-refractivity contribution in [2.75, 3.05) is 18.4 Å². The molecule has 5 rings (SSSR count). The number of rotatable bonds is 4. The second-order valence-electron chi connectivity index (χ2n) is 10.7. The Balaban J connectivity index is 1.32. The number of carbonyl (C=O) groups excluding carboxylic acids is 3. The van der Waals surface area contributed by atoms with Gasteiger partial charge in [0.2, 0.25) is 11.8 Å². The second-order valence-corrected chi connectivity index (χ2v) is 10.7. The number of likely N-dealkylation sites (tertiary alicyclic amines) is 1. The van der Waals surface area contributed by atoms with E-state index in [1.54, 1.807) is 13.1 Å². The first-order valence-electron chi connectivity index (χ1n) is 11.7. The van der Waals surface area contributed by atoms with Crippen LogP contribution in [0.4, 0.5) is 5.82 Å². The molecule has 2 aliphatic heterocycles. The average molecular weight is 450 g/mol. The van der Waals surface area contributed by atoms with E-state index in [0.29, 0.717) is 23.3 Å². The Hall–Kier alpha value is -3.16. The van der Waals surface area contributed by atoms with Gasteiger partial charge in [0.15, 0.2) is 0 Å². The van der Waals surface area contributed by atoms with Crippen molar-refractivity contribution < 1.29 is 14.4 Å². The van der Waals surface area contributed by atoms with Gasteiger partial charge < -0.3 is 20.5 Å². The van der Waals surface area contributed by atoms with E-state index in [0.717, 1.165) is 55.7 Å². The summed E-state index contributed by atoms with van der Waals surface area (Å²) >= 11 is 0. The number of aromatic nitrogens is 2. The summed E-state index contributed by atoms with van der Waals surface area (Å²) in [6, 6.07) is 5.63. The number of hydrogen-bond donors (Lipinski definition) is 2. The van der Waals surface area contributed by atoms with Crippen LogP contribution in [0, 0.1) is 23.2 Å². The summed E-state index contributed by atoms with van der Waals surface area (Å²) in [6.07, 6.45) is 4.16. The molecule has 33 heavy (non-hydrogen) atoms. The molecule has 174 valence electrons. The number of amides is 3. The van der Waals surface area contributed by atoms with Gasteiger partial charge in [-0.25, -0.2) is 4.98 Å². The molecule has 0 bridgehead atoms. The van der Waals surface area contributed by atoms with Gasteiger partial charge in [0.25, 0.3) is 5.91 Å². The number of nitrogens with zero attached hydrogens (tertiary/aromatic N) is 3. The third-order valence-electron chi connectivity index (χ3n) is 7.58. The van der Waals surface area contributed by atoms with E-state index in [1.165, 1.54) is 0 Å². The SMILES string of the molecule is CC(=O)N1C[C@H]2C[C@H](C(=O)Nc3cc(-c4cc(C(N)=O)n5c4CC(C)(C)C5)ccn3)C[C@H]2C1. The maximum absolute atomic E-state index is 13.0. The molecule has 2 aromatic heterocycles. The van der Waals surface area contributed by atoms with Crippen LogP contribution < -0.4 is 11.1 Å². The van der Waals surface area contributed by atoms with Gasteiger partial charge in [0.05, 0.1) is 0 Å². The molecule has 0 unspecified atom stereocenters. The second kappa shape index (κ2) is 7.71. The van der Waals surface area contributed by atoms with Crippen molar-refractivity contribution in [2.45, 2.75) is 46.6 Å². The average Bonchev–Trinajstić information content (AvgIpc) is 3.45. The summed E-state index contributed by atoms with van der Waals surface area (Å²) in [5, 5.41) is 3.00. The van der Waals surface area contributed by atoms with Crippen LogP contribution in [0.2, 0.25) is 0 Å². The largest absolute Gasteiger partial charge is 0.364 e. The number of nitrogens with two attached hydrogens (primary N) is 1. The van der Waals surface area contributed by atoms with Crippen LogP contribution in [0.25, 0.3) is 11.1 Å². The molecule has 3 aliphatic rings. The van der Waals surface area contributed by atoms with Gasteiger partial charge in [-0.3, -0.25) is 14.4 Å². The van der Waals surface area contributed by atoms with Crippen LogP contribution in [-0.4, -0.2) is 45.3 Å². The molecule has 0 aromatic carbocycles. The van der Waals surface area contributed by atoms with Crippen molar-refractivity contribution in [1.82, 2.24) is 14.5 Å². The first-order valence-corrected chi connectivity index (χ1v) is 11.7. The maximum Gasteiger partial charge on any atom is 0.265 e. The zero-order valence-electron chi connectivity index (χ0n) is 19.4. The predicted octanol–water partition coefficient (Wildman–Crippen LogP) is 2.67. The van der Waals surface area contributed by atoms with E-state index in [1.807, 2.05) is 27.7 Å². The van der Waals surface area contributed by atoms with E-state index >= 15 is 0 Å². The fraction of sp³-hybridized carbons (Fsp3) is 0.520. The van der Waals surface area contributed by atoms with E-state index < -0.39 is 5.91 Å². The van der Waals surface area contributed by atoms with Crippen LogP contribution in [-0.2, 0) is 22.6 Å². The van der Waals surface area contributed by atoms with Crippen LogP contribution >= 0.6 is 0 Å². The minimum Gasteiger partial charge on any atom is -0.364 e. The topological polar surface area (TPSA) is 110 Å². The smallest absolute Gasteiger partial charge is 0.265 e. The highest BCUT2D eigenvalue weighted by molar-refractivity contribution is 5.95. The van der Waals surface area contributed by atoms with Crippen molar-refractivity contribution in [3.05, 3.63) is 35.8 Å². The molecule has 1 aliphatic carbocycles. The first kappa shape index (κ1) is 21.7. The van der Waals surface area contributed by atoms with Crippen LogP contribution in [0.3, 0.4) is 0 Å². The van der Waals surface area contributed by atoms with Crippen molar-refractivity contribution >= 4 is 23.5 Å². The molecule has 2 fully saturated rings. The zero-order valence-corrected chi connectivity index (χ0v) is 19.4. The Labute approximate surface area is 193 Å². The molecule has 3 N–H and O–H groups in total. The summed E-state index contributed by atoms with van der Waals surface area (Å²) in [7, 11) is 0. The fourth-order valence-corrected chi connectivity index (χ4v) is 6.02. The molecule has 8 nitrogen and oxygen atoms in total. The molecule has 8 heteroatoms. The lowest BCUT2D eigenvalue weighted by Crippen LogP contribution is -2.29. The van der Waals surface area contributed by atoms with E-state index in [4.69, 9.17) is 5.73 Å². The number of nitrogens with one attached hydrogen (secondary N) is 1. The van der Waals surface area contributed by atoms with Gasteiger partial charge in [0.1, 0.15) is 11.5 Å². The lowest BCUT2D eigenvalue weighted by atomic mass is 9.89. The Bertz CT molecular complexity index is 1140. The fourth-order valence-electron chi connectivity index (χ4n) is 6.02. The normalized spacial score (nSPS) is 25.1. The highest BCUT2D eigenvalue weighted by Crippen LogP contribution is 2.42. The van der Waals surface area contributed by atoms with E-state index in [-0.39, 0.29) is 23.1 Å². The van der Waals surface area contributed by atoms with Crippen molar-refractivity contribution in [3.8, 4) is 11.1 Å². The molecule has 3 atom stereocenters. The van der Waals surface area contributed by atoms with Gasteiger partial charge >= 0.3 is 0 Å². The monoisotopic (exact) mass is 449 g/mol. The predicted molar refractivity (Wildman–Crippen MR) is 124 cm³/mol. The van der Waals surface area contributed by atoms with Crippen LogP contribution in [0.15, 0.2) is 24.4 Å². The molecule has 0 radical (unpaired) electrons. The third kappa shape index (κ3) is 3.92. The number of carbonyl (C=O) groups is 3. The van der Waals surface area contributed by atoms with E-state index in [2.05, 4.69) is 24.1 Å². The molecule has 2 aromatic rings. The molecule has 3 amide bonds. The standard InChI is InChI=1S/C25H31N5O3/c1-14(31)29-11-17-6-16(7-18(17)12-29)24(33)28-22-8-15(4-5-27-22)19-9-20(23(26)32)30-13-25(2,3)10-21(19)30/h4-5,8-9,16-18H,6-7,10-13H2,1-3H3,(H2,26,32)(H,27,28,33)/t16-,17+,18-. The van der Waals surface area contributed by atoms with Gasteiger partial charge in [0, 0.05) is 49.9 Å². The summed E-state index contributed by atoms with van der Waals surface area (Å²) in [4.78, 5) is 42.9. The van der Waals surface area contributed by atoms with Crippen molar-refractivity contribution in [2.24, 2.45) is 28.9 Å². The van der Waals surface area contributed by atoms with E-state index in [9.17, 15) is 14.4 Å². The first-order chi connectivity index (χ1) is 15.6. The van der Waals surface area contributed by atoms with Gasteiger partial charge in [-0.15, -0.1) is 0 Å². The summed E-state index contributed by atoms with van der Waals surface area (Å²) in [6.45, 7) is 8.24. The lowest BCUT2D eigenvalue weighted by molar-refractivity contribution is -0.128. The van der Waals surface area contributed by atoms with Crippen molar-refractivity contribution in [3.63, 3.8) is 0 Å². The molecular formula is C25H31N5O3. The van der Waals surface area contributed by atoms with Crippen molar-refractivity contribution in [1.29, 1.82) is 0 Å². The Morgan fingerprint density at radius 3 is 2.48 bits per heavy atom. The number of anilines is 1. The summed E-state index contributed by atoms with van der Waals surface area (Å²) in [5.74, 6) is 0.944. The Morgan fingerprint density at radius 1 is 1.15 bits per heavy atom. The summed E-state index contributed by atoms with van der Waals surface area (Å²) in [5.41, 5.74) is 9.19. The maximum atomic E-state index is 13.0. The molecular weight excluding hydrogens is 418 g/mol. The van der Waals surface area contributed by atoms with Gasteiger partial charge in [-0.2, -0.15) is 0 Å². The molecule has 1 saturated heterocycles. The highest BCUT2D eigenvalue weighted by atomic mass is 16.2.